The molecule has 138 valence electrons. The molecule has 0 aliphatic carbocycles. The summed E-state index contributed by atoms with van der Waals surface area (Å²) in [6.45, 7) is 5.52. The second kappa shape index (κ2) is 7.53. The monoisotopic (exact) mass is 367 g/mol. The summed E-state index contributed by atoms with van der Waals surface area (Å²) in [5.74, 6) is 0.311. The predicted octanol–water partition coefficient (Wildman–Crippen LogP) is 0.781. The van der Waals surface area contributed by atoms with Gasteiger partial charge in [0.1, 0.15) is 0 Å². The van der Waals surface area contributed by atoms with Crippen molar-refractivity contribution in [3.8, 4) is 0 Å². The first-order chi connectivity index (χ1) is 11.6. The Labute approximate surface area is 149 Å². The first kappa shape index (κ1) is 19.4. The van der Waals surface area contributed by atoms with Crippen LogP contribution < -0.4 is 5.32 Å². The van der Waals surface area contributed by atoms with Crippen molar-refractivity contribution in [3.63, 3.8) is 0 Å². The van der Waals surface area contributed by atoms with Crippen LogP contribution in [0.3, 0.4) is 0 Å². The molecule has 0 aromatic heterocycles. The fourth-order valence-electron chi connectivity index (χ4n) is 2.71. The second-order valence-electron chi connectivity index (χ2n) is 6.75. The molecule has 0 radical (unpaired) electrons. The Morgan fingerprint density at radius 2 is 1.80 bits per heavy atom. The summed E-state index contributed by atoms with van der Waals surface area (Å²) < 4.78 is 25.4. The third kappa shape index (κ3) is 4.38. The van der Waals surface area contributed by atoms with Gasteiger partial charge in [-0.25, -0.2) is 12.7 Å². The average Bonchev–Trinajstić information content (AvgIpc) is 2.91. The maximum Gasteiger partial charge on any atom is 0.251 e. The van der Waals surface area contributed by atoms with Crippen LogP contribution in [-0.2, 0) is 14.8 Å². The SMILES string of the molecule is CC1CN(C(=O)CNC(=O)c2cccc(S(=O)(=O)N(C)C)c2)CC1C. The lowest BCUT2D eigenvalue weighted by Crippen LogP contribution is -2.39. The van der Waals surface area contributed by atoms with Crippen LogP contribution in [-0.4, -0.2) is 63.2 Å². The number of amides is 2. The van der Waals surface area contributed by atoms with Crippen LogP contribution >= 0.6 is 0 Å². The smallest absolute Gasteiger partial charge is 0.251 e. The lowest BCUT2D eigenvalue weighted by Gasteiger charge is -2.16. The minimum atomic E-state index is -3.61. The molecule has 1 aromatic rings. The number of carbonyl (C=O) groups excluding carboxylic acids is 2. The molecule has 0 spiro atoms. The van der Waals surface area contributed by atoms with Gasteiger partial charge in [-0.3, -0.25) is 9.59 Å². The van der Waals surface area contributed by atoms with E-state index in [1.54, 1.807) is 4.90 Å². The number of nitrogens with one attached hydrogen (secondary N) is 1. The van der Waals surface area contributed by atoms with Gasteiger partial charge in [0.05, 0.1) is 11.4 Å². The van der Waals surface area contributed by atoms with Crippen molar-refractivity contribution in [1.29, 1.82) is 0 Å². The fourth-order valence-corrected chi connectivity index (χ4v) is 3.66. The van der Waals surface area contributed by atoms with Crippen LogP contribution in [0, 0.1) is 11.8 Å². The van der Waals surface area contributed by atoms with Crippen molar-refractivity contribution in [2.75, 3.05) is 33.7 Å². The number of rotatable bonds is 5. The number of carbonyl (C=O) groups is 2. The van der Waals surface area contributed by atoms with Gasteiger partial charge in [-0.2, -0.15) is 0 Å². The highest BCUT2D eigenvalue weighted by atomic mass is 32.2. The van der Waals surface area contributed by atoms with Gasteiger partial charge in [0.15, 0.2) is 0 Å². The quantitative estimate of drug-likeness (QED) is 0.833. The fraction of sp³-hybridized carbons (Fsp3) is 0.529. The number of hydrogen-bond acceptors (Lipinski definition) is 4. The van der Waals surface area contributed by atoms with Crippen molar-refractivity contribution in [2.45, 2.75) is 18.7 Å². The van der Waals surface area contributed by atoms with Crippen molar-refractivity contribution < 1.29 is 18.0 Å². The van der Waals surface area contributed by atoms with Gasteiger partial charge in [-0.1, -0.05) is 19.9 Å². The molecule has 7 nitrogen and oxygen atoms in total. The van der Waals surface area contributed by atoms with E-state index in [9.17, 15) is 18.0 Å². The zero-order valence-corrected chi connectivity index (χ0v) is 15.8. The first-order valence-corrected chi connectivity index (χ1v) is 9.65. The Morgan fingerprint density at radius 3 is 2.36 bits per heavy atom. The van der Waals surface area contributed by atoms with Crippen LogP contribution in [0.15, 0.2) is 29.2 Å². The van der Waals surface area contributed by atoms with E-state index >= 15 is 0 Å². The van der Waals surface area contributed by atoms with Crippen molar-refractivity contribution in [2.24, 2.45) is 11.8 Å². The molecule has 25 heavy (non-hydrogen) atoms. The number of sulfonamides is 1. The highest BCUT2D eigenvalue weighted by Crippen LogP contribution is 2.21. The van der Waals surface area contributed by atoms with E-state index in [4.69, 9.17) is 0 Å². The topological polar surface area (TPSA) is 86.8 Å². The Bertz CT molecular complexity index is 751. The molecule has 1 aliphatic heterocycles. The van der Waals surface area contributed by atoms with Crippen molar-refractivity contribution in [1.82, 2.24) is 14.5 Å². The zero-order valence-electron chi connectivity index (χ0n) is 15.0. The molecular weight excluding hydrogens is 342 g/mol. The molecule has 1 aromatic carbocycles. The summed E-state index contributed by atoms with van der Waals surface area (Å²) in [5, 5.41) is 2.57. The lowest BCUT2D eigenvalue weighted by atomic mass is 10.0. The molecule has 2 rings (SSSR count). The van der Waals surface area contributed by atoms with Crippen LogP contribution in [0.5, 0.6) is 0 Å². The number of likely N-dealkylation sites (tertiary alicyclic amines) is 1. The third-order valence-electron chi connectivity index (χ3n) is 4.62. The van der Waals surface area contributed by atoms with Gasteiger partial charge >= 0.3 is 0 Å². The summed E-state index contributed by atoms with van der Waals surface area (Å²) in [6, 6.07) is 5.78. The van der Waals surface area contributed by atoms with Gasteiger partial charge in [0.25, 0.3) is 5.91 Å². The Kier molecular flexibility index (Phi) is 5.84. The Balaban J connectivity index is 2.01. The first-order valence-electron chi connectivity index (χ1n) is 8.21. The van der Waals surface area contributed by atoms with Gasteiger partial charge in [-0.05, 0) is 30.0 Å². The predicted molar refractivity (Wildman–Crippen MR) is 94.6 cm³/mol. The largest absolute Gasteiger partial charge is 0.343 e. The van der Waals surface area contributed by atoms with Gasteiger partial charge in [0, 0.05) is 32.7 Å². The van der Waals surface area contributed by atoms with E-state index in [1.165, 1.54) is 38.4 Å². The molecule has 0 bridgehead atoms. The van der Waals surface area contributed by atoms with Crippen LogP contribution in [0.1, 0.15) is 24.2 Å². The van der Waals surface area contributed by atoms with E-state index in [1.807, 2.05) is 0 Å². The summed E-state index contributed by atoms with van der Waals surface area (Å²) in [5.41, 5.74) is 0.207. The Morgan fingerprint density at radius 1 is 1.20 bits per heavy atom. The van der Waals surface area contributed by atoms with Crippen LogP contribution in [0.4, 0.5) is 0 Å². The van der Waals surface area contributed by atoms with E-state index in [0.717, 1.165) is 4.31 Å². The Hall–Kier alpha value is -1.93. The number of hydrogen-bond donors (Lipinski definition) is 1. The highest BCUT2D eigenvalue weighted by molar-refractivity contribution is 7.89. The number of benzene rings is 1. The summed E-state index contributed by atoms with van der Waals surface area (Å²) >= 11 is 0. The van der Waals surface area contributed by atoms with Crippen molar-refractivity contribution in [3.05, 3.63) is 29.8 Å². The van der Waals surface area contributed by atoms with Gasteiger partial charge in [0.2, 0.25) is 15.9 Å². The summed E-state index contributed by atoms with van der Waals surface area (Å²) in [4.78, 5) is 26.2. The molecule has 2 atom stereocenters. The van der Waals surface area contributed by atoms with Crippen molar-refractivity contribution >= 4 is 21.8 Å². The molecule has 1 heterocycles. The maximum absolute atomic E-state index is 12.3. The molecule has 1 fully saturated rings. The van der Waals surface area contributed by atoms with Crippen LogP contribution in [0.25, 0.3) is 0 Å². The molecular formula is C17H25N3O4S. The van der Waals surface area contributed by atoms with Crippen LogP contribution in [0.2, 0.25) is 0 Å². The average molecular weight is 367 g/mol. The van der Waals surface area contributed by atoms with E-state index < -0.39 is 15.9 Å². The molecule has 1 saturated heterocycles. The lowest BCUT2D eigenvalue weighted by molar-refractivity contribution is -0.129. The minimum absolute atomic E-state index is 0.0404. The normalized spacial score (nSPS) is 20.8. The molecule has 1 N–H and O–H groups in total. The summed E-state index contributed by atoms with van der Waals surface area (Å²) in [6.07, 6.45) is 0. The van der Waals surface area contributed by atoms with E-state index in [0.29, 0.717) is 24.9 Å². The molecule has 2 amide bonds. The molecule has 0 saturated carbocycles. The van der Waals surface area contributed by atoms with Gasteiger partial charge in [-0.15, -0.1) is 0 Å². The highest BCUT2D eigenvalue weighted by Gasteiger charge is 2.29. The zero-order chi connectivity index (χ0) is 18.8. The second-order valence-corrected chi connectivity index (χ2v) is 8.90. The van der Waals surface area contributed by atoms with Gasteiger partial charge < -0.3 is 10.2 Å². The summed E-state index contributed by atoms with van der Waals surface area (Å²) in [7, 11) is -0.753. The maximum atomic E-state index is 12.3. The minimum Gasteiger partial charge on any atom is -0.343 e. The van der Waals surface area contributed by atoms with E-state index in [-0.39, 0.29) is 22.9 Å². The number of nitrogens with zero attached hydrogens (tertiary/aromatic N) is 2. The molecule has 2 unspecified atom stereocenters. The molecule has 1 aliphatic rings. The third-order valence-corrected chi connectivity index (χ3v) is 6.43. The standard InChI is InChI=1S/C17H25N3O4S/c1-12-10-20(11-13(12)2)16(21)9-18-17(22)14-6-5-7-15(8-14)25(23,24)19(3)4/h5-8,12-13H,9-11H2,1-4H3,(H,18,22). The molecule has 8 heteroatoms. The van der Waals surface area contributed by atoms with E-state index in [2.05, 4.69) is 19.2 Å².